The lowest BCUT2D eigenvalue weighted by atomic mass is 9.78. The summed E-state index contributed by atoms with van der Waals surface area (Å²) >= 11 is 0. The summed E-state index contributed by atoms with van der Waals surface area (Å²) in [6.07, 6.45) is 3.14. The number of benzene rings is 2. The highest BCUT2D eigenvalue weighted by Crippen LogP contribution is 2.44. The summed E-state index contributed by atoms with van der Waals surface area (Å²) in [5.41, 5.74) is 5.64. The molecule has 26 heavy (non-hydrogen) atoms. The van der Waals surface area contributed by atoms with E-state index in [-0.39, 0.29) is 5.54 Å². The molecule has 0 aliphatic carbocycles. The quantitative estimate of drug-likeness (QED) is 0.486. The molecule has 1 heterocycles. The normalized spacial score (nSPS) is 19.2. The van der Waals surface area contributed by atoms with Crippen LogP contribution < -0.4 is 4.90 Å². The van der Waals surface area contributed by atoms with Crippen LogP contribution in [0.1, 0.15) is 63.6 Å². The SMILES string of the molecule is CC(C)N1c2ccc(/C=C(\C#N)c3ccccc3)cc2[C@H](C)CC1(C)C. The standard InChI is InChI=1S/C24H28N2/c1-17(2)26-23-12-11-19(14-22(23)18(3)15-24(26,4)5)13-21(16-25)20-9-7-6-8-10-20/h6-14,17-18H,15H2,1-5H3/b21-13+/t18-/m1/s1. The van der Waals surface area contributed by atoms with Gasteiger partial charge in [-0.1, -0.05) is 43.3 Å². The Hall–Kier alpha value is -2.53. The largest absolute Gasteiger partial charge is 0.364 e. The van der Waals surface area contributed by atoms with Gasteiger partial charge in [0, 0.05) is 17.3 Å². The third kappa shape index (κ3) is 3.40. The average Bonchev–Trinajstić information content (AvgIpc) is 2.59. The van der Waals surface area contributed by atoms with Crippen LogP contribution in [0, 0.1) is 11.3 Å². The molecule has 1 aliphatic rings. The van der Waals surface area contributed by atoms with Gasteiger partial charge < -0.3 is 4.90 Å². The van der Waals surface area contributed by atoms with Crippen molar-refractivity contribution in [1.29, 1.82) is 5.26 Å². The van der Waals surface area contributed by atoms with Crippen LogP contribution in [0.25, 0.3) is 11.6 Å². The van der Waals surface area contributed by atoms with Gasteiger partial charge in [0.1, 0.15) is 0 Å². The van der Waals surface area contributed by atoms with E-state index in [1.807, 2.05) is 36.4 Å². The van der Waals surface area contributed by atoms with Gasteiger partial charge in [-0.2, -0.15) is 5.26 Å². The molecule has 0 unspecified atom stereocenters. The van der Waals surface area contributed by atoms with E-state index in [0.29, 0.717) is 17.5 Å². The number of hydrogen-bond donors (Lipinski definition) is 0. The molecule has 2 nitrogen and oxygen atoms in total. The Morgan fingerprint density at radius 1 is 1.19 bits per heavy atom. The average molecular weight is 345 g/mol. The van der Waals surface area contributed by atoms with Crippen LogP contribution in [0.3, 0.4) is 0 Å². The van der Waals surface area contributed by atoms with Crippen LogP contribution in [-0.4, -0.2) is 11.6 Å². The highest BCUT2D eigenvalue weighted by molar-refractivity contribution is 5.90. The minimum atomic E-state index is 0.153. The van der Waals surface area contributed by atoms with E-state index >= 15 is 0 Å². The van der Waals surface area contributed by atoms with Crippen LogP contribution in [0.4, 0.5) is 5.69 Å². The zero-order valence-electron chi connectivity index (χ0n) is 16.5. The van der Waals surface area contributed by atoms with Gasteiger partial charge in [-0.15, -0.1) is 0 Å². The lowest BCUT2D eigenvalue weighted by Crippen LogP contribution is -2.51. The highest BCUT2D eigenvalue weighted by Gasteiger charge is 2.37. The third-order valence-electron chi connectivity index (χ3n) is 5.33. The molecule has 1 aliphatic heterocycles. The second kappa shape index (κ2) is 7.00. The molecule has 0 saturated heterocycles. The molecule has 0 bridgehead atoms. The van der Waals surface area contributed by atoms with E-state index in [0.717, 1.165) is 17.5 Å². The summed E-state index contributed by atoms with van der Waals surface area (Å²) in [5.74, 6) is 0.505. The van der Waals surface area contributed by atoms with Crippen molar-refractivity contribution in [3.05, 3.63) is 65.2 Å². The van der Waals surface area contributed by atoms with Crippen molar-refractivity contribution in [1.82, 2.24) is 0 Å². The summed E-state index contributed by atoms with van der Waals surface area (Å²) in [5, 5.41) is 9.59. The first kappa shape index (κ1) is 18.3. The Bertz CT molecular complexity index is 854. The number of nitriles is 1. The van der Waals surface area contributed by atoms with E-state index in [1.54, 1.807) is 0 Å². The smallest absolute Gasteiger partial charge is 0.0998 e. The lowest BCUT2D eigenvalue weighted by Gasteiger charge is -2.50. The van der Waals surface area contributed by atoms with Gasteiger partial charge in [0.2, 0.25) is 0 Å². The highest BCUT2D eigenvalue weighted by atomic mass is 15.2. The van der Waals surface area contributed by atoms with Gasteiger partial charge in [-0.3, -0.25) is 0 Å². The Labute approximate surface area is 157 Å². The van der Waals surface area contributed by atoms with E-state index in [2.05, 4.69) is 63.8 Å². The molecule has 0 spiro atoms. The second-order valence-corrected chi connectivity index (χ2v) is 8.24. The van der Waals surface area contributed by atoms with Crippen molar-refractivity contribution < 1.29 is 0 Å². The number of fused-ring (bicyclic) bond motifs is 1. The zero-order chi connectivity index (χ0) is 18.9. The maximum absolute atomic E-state index is 9.59. The first-order valence-corrected chi connectivity index (χ1v) is 9.44. The van der Waals surface area contributed by atoms with Crippen LogP contribution in [0.5, 0.6) is 0 Å². The number of hydrogen-bond acceptors (Lipinski definition) is 2. The Kier molecular flexibility index (Phi) is 4.92. The minimum absolute atomic E-state index is 0.153. The number of allylic oxidation sites excluding steroid dienone is 1. The van der Waals surface area contributed by atoms with Gasteiger partial charge in [-0.05, 0) is 74.9 Å². The predicted octanol–water partition coefficient (Wildman–Crippen LogP) is 6.25. The topological polar surface area (TPSA) is 27.0 Å². The maximum atomic E-state index is 9.59. The molecule has 0 saturated carbocycles. The van der Waals surface area contributed by atoms with Gasteiger partial charge in [0.15, 0.2) is 0 Å². The van der Waals surface area contributed by atoms with Crippen molar-refractivity contribution in [3.63, 3.8) is 0 Å². The Balaban J connectivity index is 2.05. The molecule has 2 aromatic carbocycles. The van der Waals surface area contributed by atoms with Crippen LogP contribution in [-0.2, 0) is 0 Å². The number of anilines is 1. The van der Waals surface area contributed by atoms with E-state index in [9.17, 15) is 5.26 Å². The molecule has 0 N–H and O–H groups in total. The second-order valence-electron chi connectivity index (χ2n) is 8.24. The molecule has 2 aromatic rings. The molecule has 2 heteroatoms. The fraction of sp³-hybridized carbons (Fsp3) is 0.375. The Morgan fingerprint density at radius 3 is 2.50 bits per heavy atom. The van der Waals surface area contributed by atoms with Gasteiger partial charge in [-0.25, -0.2) is 0 Å². The van der Waals surface area contributed by atoms with E-state index in [4.69, 9.17) is 0 Å². The monoisotopic (exact) mass is 344 g/mol. The fourth-order valence-corrected chi connectivity index (χ4v) is 4.50. The van der Waals surface area contributed by atoms with Crippen LogP contribution in [0.15, 0.2) is 48.5 Å². The van der Waals surface area contributed by atoms with Gasteiger partial charge >= 0.3 is 0 Å². The number of nitrogens with zero attached hydrogens (tertiary/aromatic N) is 2. The zero-order valence-corrected chi connectivity index (χ0v) is 16.5. The molecule has 0 fully saturated rings. The molecule has 3 rings (SSSR count). The fourth-order valence-electron chi connectivity index (χ4n) is 4.50. The van der Waals surface area contributed by atoms with Crippen molar-refractivity contribution in [2.75, 3.05) is 4.90 Å². The molecule has 134 valence electrons. The van der Waals surface area contributed by atoms with Crippen LogP contribution >= 0.6 is 0 Å². The predicted molar refractivity (Wildman–Crippen MR) is 111 cm³/mol. The minimum Gasteiger partial charge on any atom is -0.364 e. The van der Waals surface area contributed by atoms with Gasteiger partial charge in [0.25, 0.3) is 0 Å². The van der Waals surface area contributed by atoms with Crippen molar-refractivity contribution >= 4 is 17.3 Å². The number of rotatable bonds is 3. The molecule has 0 radical (unpaired) electrons. The molecular formula is C24H28N2. The van der Waals surface area contributed by atoms with Gasteiger partial charge in [0.05, 0.1) is 11.6 Å². The summed E-state index contributed by atoms with van der Waals surface area (Å²) in [7, 11) is 0. The summed E-state index contributed by atoms with van der Waals surface area (Å²) in [6.45, 7) is 11.5. The van der Waals surface area contributed by atoms with Crippen molar-refractivity contribution in [3.8, 4) is 6.07 Å². The molecule has 0 aromatic heterocycles. The molecular weight excluding hydrogens is 316 g/mol. The Morgan fingerprint density at radius 2 is 1.88 bits per heavy atom. The molecule has 0 amide bonds. The third-order valence-corrected chi connectivity index (χ3v) is 5.33. The van der Waals surface area contributed by atoms with Crippen LogP contribution in [0.2, 0.25) is 0 Å². The summed E-state index contributed by atoms with van der Waals surface area (Å²) in [4.78, 5) is 2.54. The van der Waals surface area contributed by atoms with E-state index in [1.165, 1.54) is 11.3 Å². The van der Waals surface area contributed by atoms with E-state index < -0.39 is 0 Å². The maximum Gasteiger partial charge on any atom is 0.0998 e. The summed E-state index contributed by atoms with van der Waals surface area (Å²) < 4.78 is 0. The van der Waals surface area contributed by atoms with Crippen molar-refractivity contribution in [2.24, 2.45) is 0 Å². The first-order valence-electron chi connectivity index (χ1n) is 9.44. The van der Waals surface area contributed by atoms with Crippen molar-refractivity contribution in [2.45, 2.75) is 58.5 Å². The first-order chi connectivity index (χ1) is 12.3. The lowest BCUT2D eigenvalue weighted by molar-refractivity contribution is 0.356. The summed E-state index contributed by atoms with van der Waals surface area (Å²) in [6, 6.07) is 19.3. The molecule has 1 atom stereocenters.